The van der Waals surface area contributed by atoms with E-state index in [1.165, 1.54) is 11.1 Å². The molecular weight excluding hydrogens is 314 g/mol. The summed E-state index contributed by atoms with van der Waals surface area (Å²) < 4.78 is 6.39. The summed E-state index contributed by atoms with van der Waals surface area (Å²) in [4.78, 5) is 2.40. The van der Waals surface area contributed by atoms with Crippen LogP contribution in [0.2, 0.25) is 0 Å². The highest BCUT2D eigenvalue weighted by atomic mass is 79.9. The van der Waals surface area contributed by atoms with Crippen molar-refractivity contribution in [1.82, 2.24) is 4.90 Å². The summed E-state index contributed by atoms with van der Waals surface area (Å²) in [6.07, 6.45) is 0. The lowest BCUT2D eigenvalue weighted by Crippen LogP contribution is -2.26. The molecular formula is C17H20BrNO. The van der Waals surface area contributed by atoms with Crippen LogP contribution in [0, 0.1) is 0 Å². The van der Waals surface area contributed by atoms with Gasteiger partial charge in [0, 0.05) is 31.2 Å². The Morgan fingerprint density at radius 1 is 0.950 bits per heavy atom. The quantitative estimate of drug-likeness (QED) is 0.756. The molecule has 0 saturated heterocycles. The Hall–Kier alpha value is -1.16. The van der Waals surface area contributed by atoms with E-state index in [1.807, 2.05) is 6.07 Å². The standard InChI is InChI=1S/C17H20BrNO/c1-20-12-11-19(13-15-7-3-2-4-8-15)14-16-9-5-6-10-17(16)18/h2-10H,11-14H2,1H3. The Balaban J connectivity index is 2.05. The second-order valence-electron chi connectivity index (χ2n) is 4.78. The fourth-order valence-corrected chi connectivity index (χ4v) is 2.55. The zero-order valence-corrected chi connectivity index (χ0v) is 13.3. The molecule has 0 unspecified atom stereocenters. The summed E-state index contributed by atoms with van der Waals surface area (Å²) in [5.74, 6) is 0. The molecule has 20 heavy (non-hydrogen) atoms. The van der Waals surface area contributed by atoms with Crippen molar-refractivity contribution in [3.8, 4) is 0 Å². The molecule has 0 spiro atoms. The van der Waals surface area contributed by atoms with Gasteiger partial charge in [-0.1, -0.05) is 64.5 Å². The molecule has 2 aromatic carbocycles. The van der Waals surface area contributed by atoms with Gasteiger partial charge in [-0.25, -0.2) is 0 Å². The summed E-state index contributed by atoms with van der Waals surface area (Å²) in [5.41, 5.74) is 2.63. The molecule has 0 aromatic heterocycles. The van der Waals surface area contributed by atoms with Crippen LogP contribution in [-0.2, 0) is 17.8 Å². The minimum absolute atomic E-state index is 0.747. The van der Waals surface area contributed by atoms with Gasteiger partial charge in [0.25, 0.3) is 0 Å². The first-order valence-electron chi connectivity index (χ1n) is 6.78. The summed E-state index contributed by atoms with van der Waals surface area (Å²) in [7, 11) is 1.75. The predicted molar refractivity (Wildman–Crippen MR) is 86.6 cm³/mol. The highest BCUT2D eigenvalue weighted by Gasteiger charge is 2.08. The number of halogens is 1. The second-order valence-corrected chi connectivity index (χ2v) is 5.63. The first-order chi connectivity index (χ1) is 9.79. The number of benzene rings is 2. The van der Waals surface area contributed by atoms with Gasteiger partial charge in [-0.05, 0) is 17.2 Å². The van der Waals surface area contributed by atoms with Crippen LogP contribution in [0.15, 0.2) is 59.1 Å². The molecule has 0 saturated carbocycles. The average molecular weight is 334 g/mol. The van der Waals surface area contributed by atoms with Crippen LogP contribution < -0.4 is 0 Å². The van der Waals surface area contributed by atoms with Crippen molar-refractivity contribution in [3.05, 3.63) is 70.2 Å². The third kappa shape index (κ3) is 4.75. The average Bonchev–Trinajstić information content (AvgIpc) is 2.48. The molecule has 2 aromatic rings. The van der Waals surface area contributed by atoms with E-state index < -0.39 is 0 Å². The molecule has 0 amide bonds. The largest absolute Gasteiger partial charge is 0.383 e. The Bertz CT molecular complexity index is 515. The minimum atomic E-state index is 0.747. The molecule has 0 fully saturated rings. The predicted octanol–water partition coefficient (Wildman–Crippen LogP) is 4.10. The Labute approximate surface area is 129 Å². The molecule has 0 radical (unpaired) electrons. The van der Waals surface area contributed by atoms with Crippen LogP contribution in [-0.4, -0.2) is 25.2 Å². The third-order valence-corrected chi connectivity index (χ3v) is 3.99. The lowest BCUT2D eigenvalue weighted by molar-refractivity contribution is 0.140. The Morgan fingerprint density at radius 3 is 2.35 bits per heavy atom. The first-order valence-corrected chi connectivity index (χ1v) is 7.57. The van der Waals surface area contributed by atoms with Crippen LogP contribution in [0.4, 0.5) is 0 Å². The molecule has 0 atom stereocenters. The summed E-state index contributed by atoms with van der Waals surface area (Å²) >= 11 is 3.62. The van der Waals surface area contributed by atoms with Crippen molar-refractivity contribution < 1.29 is 4.74 Å². The third-order valence-electron chi connectivity index (χ3n) is 3.21. The smallest absolute Gasteiger partial charge is 0.0589 e. The molecule has 2 nitrogen and oxygen atoms in total. The number of hydrogen-bond donors (Lipinski definition) is 0. The van der Waals surface area contributed by atoms with Crippen LogP contribution in [0.1, 0.15) is 11.1 Å². The van der Waals surface area contributed by atoms with Crippen LogP contribution in [0.25, 0.3) is 0 Å². The SMILES string of the molecule is COCCN(Cc1ccccc1)Cc1ccccc1Br. The fraction of sp³-hybridized carbons (Fsp3) is 0.294. The van der Waals surface area contributed by atoms with Crippen LogP contribution in [0.3, 0.4) is 0 Å². The van der Waals surface area contributed by atoms with E-state index in [2.05, 4.69) is 69.4 Å². The monoisotopic (exact) mass is 333 g/mol. The maximum Gasteiger partial charge on any atom is 0.0589 e. The van der Waals surface area contributed by atoms with Crippen molar-refractivity contribution in [1.29, 1.82) is 0 Å². The lowest BCUT2D eigenvalue weighted by Gasteiger charge is -2.22. The van der Waals surface area contributed by atoms with Crippen LogP contribution in [0.5, 0.6) is 0 Å². The Morgan fingerprint density at radius 2 is 1.65 bits per heavy atom. The first kappa shape index (κ1) is 15.2. The highest BCUT2D eigenvalue weighted by Crippen LogP contribution is 2.18. The number of methoxy groups -OCH3 is 1. The minimum Gasteiger partial charge on any atom is -0.383 e. The van der Waals surface area contributed by atoms with Gasteiger partial charge in [0.2, 0.25) is 0 Å². The fourth-order valence-electron chi connectivity index (χ4n) is 2.14. The molecule has 2 rings (SSSR count). The number of ether oxygens (including phenoxy) is 1. The van der Waals surface area contributed by atoms with E-state index in [9.17, 15) is 0 Å². The van der Waals surface area contributed by atoms with Gasteiger partial charge in [0.05, 0.1) is 6.61 Å². The van der Waals surface area contributed by atoms with E-state index in [1.54, 1.807) is 7.11 Å². The van der Waals surface area contributed by atoms with Gasteiger partial charge in [-0.3, -0.25) is 4.90 Å². The topological polar surface area (TPSA) is 12.5 Å². The maximum absolute atomic E-state index is 5.22. The van der Waals surface area contributed by atoms with E-state index in [-0.39, 0.29) is 0 Å². The van der Waals surface area contributed by atoms with Crippen molar-refractivity contribution in [2.45, 2.75) is 13.1 Å². The van der Waals surface area contributed by atoms with Gasteiger partial charge in [0.15, 0.2) is 0 Å². The van der Waals surface area contributed by atoms with Crippen LogP contribution >= 0.6 is 15.9 Å². The molecule has 3 heteroatoms. The normalized spacial score (nSPS) is 10.9. The highest BCUT2D eigenvalue weighted by molar-refractivity contribution is 9.10. The second kappa shape index (κ2) is 8.20. The molecule has 0 aliphatic heterocycles. The zero-order chi connectivity index (χ0) is 14.2. The van der Waals surface area contributed by atoms with E-state index in [0.717, 1.165) is 30.7 Å². The molecule has 0 aliphatic rings. The number of hydrogen-bond acceptors (Lipinski definition) is 2. The summed E-state index contributed by atoms with van der Waals surface area (Å²) in [5, 5.41) is 0. The number of rotatable bonds is 7. The molecule has 0 aliphatic carbocycles. The molecule has 106 valence electrons. The maximum atomic E-state index is 5.22. The van der Waals surface area contributed by atoms with Crippen molar-refractivity contribution in [2.24, 2.45) is 0 Å². The van der Waals surface area contributed by atoms with Crippen molar-refractivity contribution in [3.63, 3.8) is 0 Å². The molecule has 0 heterocycles. The summed E-state index contributed by atoms with van der Waals surface area (Å²) in [6, 6.07) is 18.9. The van der Waals surface area contributed by atoms with Gasteiger partial charge in [-0.2, -0.15) is 0 Å². The summed E-state index contributed by atoms with van der Waals surface area (Å²) in [6.45, 7) is 3.52. The van der Waals surface area contributed by atoms with Gasteiger partial charge in [-0.15, -0.1) is 0 Å². The van der Waals surface area contributed by atoms with Crippen molar-refractivity contribution >= 4 is 15.9 Å². The zero-order valence-electron chi connectivity index (χ0n) is 11.8. The van der Waals surface area contributed by atoms with E-state index in [4.69, 9.17) is 4.74 Å². The van der Waals surface area contributed by atoms with E-state index in [0.29, 0.717) is 0 Å². The molecule has 0 N–H and O–H groups in total. The number of nitrogens with zero attached hydrogens (tertiary/aromatic N) is 1. The Kier molecular flexibility index (Phi) is 6.25. The van der Waals surface area contributed by atoms with Gasteiger partial charge in [0.1, 0.15) is 0 Å². The lowest BCUT2D eigenvalue weighted by atomic mass is 10.1. The van der Waals surface area contributed by atoms with Crippen molar-refractivity contribution in [2.75, 3.05) is 20.3 Å². The van der Waals surface area contributed by atoms with Gasteiger partial charge >= 0.3 is 0 Å². The van der Waals surface area contributed by atoms with E-state index >= 15 is 0 Å². The van der Waals surface area contributed by atoms with Gasteiger partial charge < -0.3 is 4.74 Å². The molecule has 0 bridgehead atoms.